The van der Waals surface area contributed by atoms with Gasteiger partial charge in [-0.1, -0.05) is 12.1 Å². The van der Waals surface area contributed by atoms with E-state index in [1.807, 2.05) is 0 Å². The molecule has 4 nitrogen and oxygen atoms in total. The minimum Gasteiger partial charge on any atom is -0.490 e. The third-order valence-corrected chi connectivity index (χ3v) is 6.00. The molecule has 4 heteroatoms. The van der Waals surface area contributed by atoms with E-state index in [1.165, 1.54) is 31.5 Å². The Kier molecular flexibility index (Phi) is 7.35. The molecule has 2 aliphatic heterocycles. The van der Waals surface area contributed by atoms with Gasteiger partial charge in [-0.3, -0.25) is 0 Å². The lowest BCUT2D eigenvalue weighted by Crippen LogP contribution is -2.41. The van der Waals surface area contributed by atoms with Gasteiger partial charge in [0.05, 0.1) is 0 Å². The fourth-order valence-corrected chi connectivity index (χ4v) is 4.07. The molecule has 146 valence electrons. The summed E-state index contributed by atoms with van der Waals surface area (Å²) in [6, 6.07) is 10.1. The first-order chi connectivity index (χ1) is 12.6. The van der Waals surface area contributed by atoms with E-state index in [-0.39, 0.29) is 0 Å². The van der Waals surface area contributed by atoms with E-state index in [2.05, 4.69) is 60.3 Å². The highest BCUT2D eigenvalue weighted by molar-refractivity contribution is 5.27. The van der Waals surface area contributed by atoms with Crippen molar-refractivity contribution in [3.05, 3.63) is 29.8 Å². The summed E-state index contributed by atoms with van der Waals surface area (Å²) in [6.07, 6.45) is 6.31. The number of benzene rings is 1. The van der Waals surface area contributed by atoms with Crippen LogP contribution in [0.1, 0.15) is 45.1 Å². The summed E-state index contributed by atoms with van der Waals surface area (Å²) in [6.45, 7) is 10.4. The Balaban J connectivity index is 1.36. The minimum absolute atomic E-state index is 0.377. The highest BCUT2D eigenvalue weighted by Gasteiger charge is 2.22. The lowest BCUT2D eigenvalue weighted by atomic mass is 10.0. The fraction of sp³-hybridized carbons (Fsp3) is 0.727. The van der Waals surface area contributed by atoms with Crippen LogP contribution in [-0.4, -0.2) is 67.8 Å². The summed E-state index contributed by atoms with van der Waals surface area (Å²) in [5, 5.41) is 3.72. The van der Waals surface area contributed by atoms with Gasteiger partial charge >= 0.3 is 0 Å². The summed E-state index contributed by atoms with van der Waals surface area (Å²) in [7, 11) is 2.22. The molecule has 0 atom stereocenters. The molecular weight excluding hydrogens is 322 g/mol. The second-order valence-electron chi connectivity index (χ2n) is 8.37. The Hall–Kier alpha value is -1.10. The topological polar surface area (TPSA) is 27.7 Å². The van der Waals surface area contributed by atoms with Crippen molar-refractivity contribution in [3.63, 3.8) is 0 Å². The van der Waals surface area contributed by atoms with E-state index in [9.17, 15) is 0 Å². The second-order valence-corrected chi connectivity index (χ2v) is 8.37. The van der Waals surface area contributed by atoms with Gasteiger partial charge in [0.15, 0.2) is 0 Å². The zero-order valence-corrected chi connectivity index (χ0v) is 16.9. The van der Waals surface area contributed by atoms with Crippen molar-refractivity contribution in [1.82, 2.24) is 15.1 Å². The molecule has 0 aromatic heterocycles. The van der Waals surface area contributed by atoms with Crippen molar-refractivity contribution >= 4 is 0 Å². The van der Waals surface area contributed by atoms with E-state index in [4.69, 9.17) is 4.74 Å². The second kappa shape index (κ2) is 9.72. The quantitative estimate of drug-likeness (QED) is 0.809. The highest BCUT2D eigenvalue weighted by atomic mass is 16.5. The molecule has 2 heterocycles. The Morgan fingerprint density at radius 1 is 1.00 bits per heavy atom. The Morgan fingerprint density at radius 3 is 2.27 bits per heavy atom. The molecular formula is C22H37N3O. The Labute approximate surface area is 159 Å². The van der Waals surface area contributed by atoms with E-state index in [0.29, 0.717) is 18.2 Å². The zero-order valence-electron chi connectivity index (χ0n) is 16.9. The lowest BCUT2D eigenvalue weighted by Gasteiger charge is -2.34. The largest absolute Gasteiger partial charge is 0.490 e. The van der Waals surface area contributed by atoms with Crippen molar-refractivity contribution in [1.29, 1.82) is 0 Å². The maximum absolute atomic E-state index is 6.20. The maximum Gasteiger partial charge on any atom is 0.119 e. The summed E-state index contributed by atoms with van der Waals surface area (Å²) >= 11 is 0. The number of nitrogens with zero attached hydrogens (tertiary/aromatic N) is 2. The summed E-state index contributed by atoms with van der Waals surface area (Å²) in [5.74, 6) is 1.03. The number of piperidine rings is 2. The van der Waals surface area contributed by atoms with Crippen LogP contribution in [0, 0.1) is 0 Å². The van der Waals surface area contributed by atoms with Gasteiger partial charge in [0.1, 0.15) is 11.9 Å². The molecule has 1 aromatic rings. The van der Waals surface area contributed by atoms with Crippen LogP contribution in [0.3, 0.4) is 0 Å². The third kappa shape index (κ3) is 5.97. The van der Waals surface area contributed by atoms with Crippen molar-refractivity contribution in [2.24, 2.45) is 0 Å². The van der Waals surface area contributed by atoms with Gasteiger partial charge in [0.25, 0.3) is 0 Å². The zero-order chi connectivity index (χ0) is 18.4. The van der Waals surface area contributed by atoms with Crippen molar-refractivity contribution in [2.75, 3.05) is 39.8 Å². The average molecular weight is 360 g/mol. The van der Waals surface area contributed by atoms with Gasteiger partial charge in [0, 0.05) is 25.2 Å². The van der Waals surface area contributed by atoms with Gasteiger partial charge in [-0.25, -0.2) is 0 Å². The van der Waals surface area contributed by atoms with Crippen LogP contribution in [-0.2, 0) is 6.42 Å². The summed E-state index contributed by atoms with van der Waals surface area (Å²) in [5.41, 5.74) is 1.40. The van der Waals surface area contributed by atoms with E-state index in [1.54, 1.807) is 0 Å². The molecule has 0 unspecified atom stereocenters. The molecule has 26 heavy (non-hydrogen) atoms. The van der Waals surface area contributed by atoms with Crippen molar-refractivity contribution in [3.8, 4) is 5.75 Å². The van der Waals surface area contributed by atoms with E-state index >= 15 is 0 Å². The minimum atomic E-state index is 0.377. The van der Waals surface area contributed by atoms with Crippen LogP contribution in [0.4, 0.5) is 0 Å². The molecule has 2 saturated heterocycles. The number of likely N-dealkylation sites (tertiary alicyclic amines) is 2. The van der Waals surface area contributed by atoms with E-state index < -0.39 is 0 Å². The van der Waals surface area contributed by atoms with E-state index in [0.717, 1.165) is 44.6 Å². The molecule has 0 spiro atoms. The first-order valence-electron chi connectivity index (χ1n) is 10.5. The number of ether oxygens (including phenoxy) is 1. The van der Waals surface area contributed by atoms with Crippen molar-refractivity contribution < 1.29 is 4.74 Å². The third-order valence-electron chi connectivity index (χ3n) is 6.00. The van der Waals surface area contributed by atoms with Gasteiger partial charge in [-0.15, -0.1) is 0 Å². The van der Waals surface area contributed by atoms with Gasteiger partial charge < -0.3 is 19.9 Å². The predicted octanol–water partition coefficient (Wildman–Crippen LogP) is 3.16. The molecule has 1 N–H and O–H groups in total. The molecule has 0 amide bonds. The van der Waals surface area contributed by atoms with Crippen LogP contribution in [0.25, 0.3) is 0 Å². The maximum atomic E-state index is 6.20. The molecule has 1 aromatic carbocycles. The molecule has 0 aliphatic carbocycles. The summed E-state index contributed by atoms with van der Waals surface area (Å²) in [4.78, 5) is 4.96. The molecule has 0 radical (unpaired) electrons. The first kappa shape index (κ1) is 19.7. The molecule has 2 fully saturated rings. The molecule has 3 rings (SSSR count). The fourth-order valence-electron chi connectivity index (χ4n) is 4.07. The SMILES string of the molecule is CC(C)N1CCC(Oc2ccc(CCNC3CCN(C)CC3)cc2)CC1. The normalized spacial score (nSPS) is 21.4. The number of rotatable bonds is 7. The van der Waals surface area contributed by atoms with Gasteiger partial charge in [-0.2, -0.15) is 0 Å². The average Bonchev–Trinajstić information content (AvgIpc) is 2.65. The van der Waals surface area contributed by atoms with Crippen LogP contribution >= 0.6 is 0 Å². The van der Waals surface area contributed by atoms with Crippen molar-refractivity contribution in [2.45, 2.75) is 64.1 Å². The summed E-state index contributed by atoms with van der Waals surface area (Å²) < 4.78 is 6.20. The first-order valence-corrected chi connectivity index (χ1v) is 10.5. The standard InChI is InChI=1S/C22H37N3O/c1-18(2)25-16-11-22(12-17-25)26-21-6-4-19(5-7-21)8-13-23-20-9-14-24(3)15-10-20/h4-7,18,20,22-23H,8-17H2,1-3H3. The lowest BCUT2D eigenvalue weighted by molar-refractivity contribution is 0.0843. The van der Waals surface area contributed by atoms with Gasteiger partial charge in [-0.05, 0) is 90.3 Å². The van der Waals surface area contributed by atoms with Crippen LogP contribution in [0.15, 0.2) is 24.3 Å². The highest BCUT2D eigenvalue weighted by Crippen LogP contribution is 2.20. The molecule has 2 aliphatic rings. The monoisotopic (exact) mass is 359 g/mol. The Bertz CT molecular complexity index is 515. The smallest absolute Gasteiger partial charge is 0.119 e. The van der Waals surface area contributed by atoms with Crippen LogP contribution in [0.5, 0.6) is 5.75 Å². The number of hydrogen-bond acceptors (Lipinski definition) is 4. The van der Waals surface area contributed by atoms with Crippen LogP contribution < -0.4 is 10.1 Å². The predicted molar refractivity (Wildman–Crippen MR) is 109 cm³/mol. The van der Waals surface area contributed by atoms with Crippen LogP contribution in [0.2, 0.25) is 0 Å². The van der Waals surface area contributed by atoms with Gasteiger partial charge in [0.2, 0.25) is 0 Å². The molecule has 0 bridgehead atoms. The molecule has 0 saturated carbocycles. The number of nitrogens with one attached hydrogen (secondary N) is 1. The number of hydrogen-bond donors (Lipinski definition) is 1. The Morgan fingerprint density at radius 2 is 1.65 bits per heavy atom.